The summed E-state index contributed by atoms with van der Waals surface area (Å²) in [6, 6.07) is 3.97. The minimum atomic E-state index is -0.714. The lowest BCUT2D eigenvalue weighted by molar-refractivity contribution is -0.385. The number of nitrogens with zero attached hydrogens (tertiary/aromatic N) is 1. The highest BCUT2D eigenvalue weighted by Gasteiger charge is 2.20. The van der Waals surface area contributed by atoms with Gasteiger partial charge in [-0.15, -0.1) is 0 Å². The van der Waals surface area contributed by atoms with E-state index >= 15 is 0 Å². The van der Waals surface area contributed by atoms with Crippen LogP contribution in [0, 0.1) is 10.1 Å². The Labute approximate surface area is 110 Å². The quantitative estimate of drug-likeness (QED) is 0.512. The molecule has 1 rings (SSSR count). The first-order valence-electron chi connectivity index (χ1n) is 4.74. The third kappa shape index (κ3) is 3.52. The van der Waals surface area contributed by atoms with Crippen LogP contribution in [0.15, 0.2) is 22.7 Å². The number of amides is 1. The Kier molecular flexibility index (Phi) is 4.78. The van der Waals surface area contributed by atoms with Gasteiger partial charge in [0, 0.05) is 10.5 Å². The van der Waals surface area contributed by atoms with Crippen molar-refractivity contribution in [1.29, 1.82) is 0 Å². The largest absolute Gasteiger partial charge is 0.468 e. The van der Waals surface area contributed by atoms with Crippen molar-refractivity contribution in [3.8, 4) is 0 Å². The number of rotatable bonds is 4. The highest BCUT2D eigenvalue weighted by Crippen LogP contribution is 2.22. The number of nitro benzene ring substituents is 1. The third-order valence-corrected chi connectivity index (χ3v) is 2.51. The average Bonchev–Trinajstić information content (AvgIpc) is 2.34. The van der Waals surface area contributed by atoms with E-state index in [9.17, 15) is 19.7 Å². The molecule has 0 saturated heterocycles. The van der Waals surface area contributed by atoms with Crippen molar-refractivity contribution in [3.05, 3.63) is 38.3 Å². The fourth-order valence-electron chi connectivity index (χ4n) is 1.17. The highest BCUT2D eigenvalue weighted by atomic mass is 79.9. The molecular weight excluding hydrogens is 308 g/mol. The topological polar surface area (TPSA) is 98.5 Å². The molecule has 0 aliphatic rings. The Morgan fingerprint density at radius 2 is 2.17 bits per heavy atom. The van der Waals surface area contributed by atoms with Crippen molar-refractivity contribution >= 4 is 33.5 Å². The number of hydrogen-bond donors (Lipinski definition) is 1. The molecule has 0 spiro atoms. The van der Waals surface area contributed by atoms with Gasteiger partial charge in [-0.3, -0.25) is 19.7 Å². The summed E-state index contributed by atoms with van der Waals surface area (Å²) in [6.45, 7) is -0.348. The summed E-state index contributed by atoms with van der Waals surface area (Å²) >= 11 is 3.11. The van der Waals surface area contributed by atoms with Crippen LogP contribution in [0.25, 0.3) is 0 Å². The molecule has 18 heavy (non-hydrogen) atoms. The highest BCUT2D eigenvalue weighted by molar-refractivity contribution is 9.10. The van der Waals surface area contributed by atoms with Crippen LogP contribution in [0.4, 0.5) is 5.69 Å². The zero-order valence-corrected chi connectivity index (χ0v) is 10.9. The van der Waals surface area contributed by atoms with Crippen LogP contribution in [0.2, 0.25) is 0 Å². The molecule has 0 radical (unpaired) electrons. The first-order valence-corrected chi connectivity index (χ1v) is 5.54. The Hall–Kier alpha value is -1.96. The fourth-order valence-corrected chi connectivity index (χ4v) is 1.53. The van der Waals surface area contributed by atoms with Gasteiger partial charge < -0.3 is 10.1 Å². The van der Waals surface area contributed by atoms with Gasteiger partial charge in [0.1, 0.15) is 12.1 Å². The minimum absolute atomic E-state index is 0.127. The third-order valence-electron chi connectivity index (χ3n) is 2.02. The number of carbonyl (C=O) groups excluding carboxylic acids is 2. The van der Waals surface area contributed by atoms with Gasteiger partial charge in [0.15, 0.2) is 0 Å². The zero-order valence-electron chi connectivity index (χ0n) is 9.31. The summed E-state index contributed by atoms with van der Waals surface area (Å²) in [7, 11) is 1.18. The van der Waals surface area contributed by atoms with E-state index in [1.807, 2.05) is 0 Å². The Balaban J connectivity index is 2.93. The molecule has 1 amide bonds. The zero-order chi connectivity index (χ0) is 13.7. The number of benzene rings is 1. The normalized spacial score (nSPS) is 9.67. The minimum Gasteiger partial charge on any atom is -0.468 e. The van der Waals surface area contributed by atoms with Crippen molar-refractivity contribution in [2.24, 2.45) is 0 Å². The molecule has 0 aliphatic heterocycles. The van der Waals surface area contributed by atoms with Gasteiger partial charge in [0.2, 0.25) is 0 Å². The molecule has 0 aliphatic carbocycles. The van der Waals surface area contributed by atoms with E-state index in [2.05, 4.69) is 26.0 Å². The van der Waals surface area contributed by atoms with E-state index in [4.69, 9.17) is 0 Å². The average molecular weight is 317 g/mol. The van der Waals surface area contributed by atoms with E-state index in [1.165, 1.54) is 25.3 Å². The van der Waals surface area contributed by atoms with Crippen molar-refractivity contribution in [2.75, 3.05) is 13.7 Å². The van der Waals surface area contributed by atoms with Crippen LogP contribution < -0.4 is 5.32 Å². The fraction of sp³-hybridized carbons (Fsp3) is 0.200. The summed E-state index contributed by atoms with van der Waals surface area (Å²) in [5.74, 6) is -1.35. The molecule has 1 aromatic rings. The lowest BCUT2D eigenvalue weighted by atomic mass is 10.1. The smallest absolute Gasteiger partial charge is 0.325 e. The summed E-state index contributed by atoms with van der Waals surface area (Å²) in [4.78, 5) is 32.6. The summed E-state index contributed by atoms with van der Waals surface area (Å²) < 4.78 is 4.87. The maximum atomic E-state index is 11.7. The molecule has 0 unspecified atom stereocenters. The number of hydrogen-bond acceptors (Lipinski definition) is 5. The Morgan fingerprint density at radius 3 is 2.72 bits per heavy atom. The number of halogens is 1. The predicted octanol–water partition coefficient (Wildman–Crippen LogP) is 1.26. The van der Waals surface area contributed by atoms with Crippen LogP contribution in [0.5, 0.6) is 0 Å². The second-order valence-electron chi connectivity index (χ2n) is 3.18. The van der Waals surface area contributed by atoms with Gasteiger partial charge >= 0.3 is 5.97 Å². The second kappa shape index (κ2) is 6.10. The van der Waals surface area contributed by atoms with Gasteiger partial charge in [-0.05, 0) is 12.1 Å². The number of ether oxygens (including phenoxy) is 1. The van der Waals surface area contributed by atoms with E-state index in [1.54, 1.807) is 0 Å². The predicted molar refractivity (Wildman–Crippen MR) is 65.1 cm³/mol. The lowest BCUT2D eigenvalue weighted by Crippen LogP contribution is -2.30. The maximum absolute atomic E-state index is 11.7. The van der Waals surface area contributed by atoms with Gasteiger partial charge in [-0.2, -0.15) is 0 Å². The van der Waals surface area contributed by atoms with Crippen molar-refractivity contribution in [2.45, 2.75) is 0 Å². The van der Waals surface area contributed by atoms with Crippen molar-refractivity contribution in [1.82, 2.24) is 5.32 Å². The van der Waals surface area contributed by atoms with Crippen LogP contribution in [0.1, 0.15) is 10.4 Å². The Bertz CT molecular complexity index is 503. The summed E-state index contributed by atoms with van der Waals surface area (Å²) in [5, 5.41) is 13.0. The first-order chi connectivity index (χ1) is 8.45. The van der Waals surface area contributed by atoms with Crippen LogP contribution in [0.3, 0.4) is 0 Å². The molecule has 7 nitrogen and oxygen atoms in total. The number of carbonyl (C=O) groups is 2. The number of nitrogens with one attached hydrogen (secondary N) is 1. The number of esters is 1. The number of methoxy groups -OCH3 is 1. The van der Waals surface area contributed by atoms with E-state index in [-0.39, 0.29) is 17.8 Å². The van der Waals surface area contributed by atoms with Crippen LogP contribution >= 0.6 is 15.9 Å². The van der Waals surface area contributed by atoms with Gasteiger partial charge in [-0.1, -0.05) is 15.9 Å². The molecule has 96 valence electrons. The van der Waals surface area contributed by atoms with E-state index in [0.29, 0.717) is 4.47 Å². The lowest BCUT2D eigenvalue weighted by Gasteiger charge is -2.05. The SMILES string of the molecule is COC(=O)CNC(=O)c1cc(Br)ccc1[N+](=O)[O-]. The first kappa shape index (κ1) is 14.1. The molecule has 0 fully saturated rings. The Morgan fingerprint density at radius 1 is 1.50 bits per heavy atom. The van der Waals surface area contributed by atoms with Gasteiger partial charge in [0.25, 0.3) is 11.6 Å². The molecule has 1 N–H and O–H groups in total. The van der Waals surface area contributed by atoms with Gasteiger partial charge in [0.05, 0.1) is 12.0 Å². The second-order valence-corrected chi connectivity index (χ2v) is 4.09. The van der Waals surface area contributed by atoms with Crippen molar-refractivity contribution < 1.29 is 19.2 Å². The van der Waals surface area contributed by atoms with Crippen LogP contribution in [-0.2, 0) is 9.53 Å². The monoisotopic (exact) mass is 316 g/mol. The molecule has 0 saturated carbocycles. The van der Waals surface area contributed by atoms with E-state index < -0.39 is 16.8 Å². The molecule has 1 aromatic carbocycles. The van der Waals surface area contributed by atoms with E-state index in [0.717, 1.165) is 0 Å². The summed E-state index contributed by atoms with van der Waals surface area (Å²) in [5.41, 5.74) is -0.459. The molecule has 0 aromatic heterocycles. The molecule has 0 atom stereocenters. The maximum Gasteiger partial charge on any atom is 0.325 e. The standard InChI is InChI=1S/C10H9BrN2O5/c1-18-9(14)5-12-10(15)7-4-6(11)2-3-8(7)13(16)17/h2-4H,5H2,1H3,(H,12,15). The summed E-state index contributed by atoms with van der Waals surface area (Å²) in [6.07, 6.45) is 0. The van der Waals surface area contributed by atoms with Gasteiger partial charge in [-0.25, -0.2) is 0 Å². The van der Waals surface area contributed by atoms with Crippen molar-refractivity contribution in [3.63, 3.8) is 0 Å². The van der Waals surface area contributed by atoms with Crippen LogP contribution in [-0.4, -0.2) is 30.5 Å². The number of nitro groups is 1. The molecular formula is C10H9BrN2O5. The molecule has 0 heterocycles. The molecule has 8 heteroatoms. The molecule has 0 bridgehead atoms.